The van der Waals surface area contributed by atoms with Crippen LogP contribution in [0.2, 0.25) is 0 Å². The van der Waals surface area contributed by atoms with E-state index in [2.05, 4.69) is 48.5 Å². The molecule has 0 radical (unpaired) electrons. The zero-order chi connectivity index (χ0) is 8.23. The van der Waals surface area contributed by atoms with E-state index < -0.39 is 0 Å². The topological polar surface area (TPSA) is 70.0 Å². The molecule has 0 spiro atoms. The van der Waals surface area contributed by atoms with Gasteiger partial charge in [0.05, 0.1) is 0 Å². The molecule has 0 bridgehead atoms. The highest BCUT2D eigenvalue weighted by molar-refractivity contribution is 5.62. The molecule has 0 aromatic heterocycles. The highest BCUT2D eigenvalue weighted by Gasteiger charge is 1.91. The van der Waals surface area contributed by atoms with Crippen molar-refractivity contribution in [3.05, 3.63) is 60.7 Å². The van der Waals surface area contributed by atoms with Crippen LogP contribution in [0, 0.1) is 0 Å². The SMILES string of the molecule is C.N.N.c1ccc(-c2ccccc2)cc1. The number of benzene rings is 2. The summed E-state index contributed by atoms with van der Waals surface area (Å²) >= 11 is 0. The van der Waals surface area contributed by atoms with E-state index >= 15 is 0 Å². The van der Waals surface area contributed by atoms with Gasteiger partial charge in [0.25, 0.3) is 0 Å². The van der Waals surface area contributed by atoms with Gasteiger partial charge in [0, 0.05) is 0 Å². The fourth-order valence-electron chi connectivity index (χ4n) is 1.26. The van der Waals surface area contributed by atoms with Gasteiger partial charge in [0.2, 0.25) is 0 Å². The lowest BCUT2D eigenvalue weighted by molar-refractivity contribution is 1.62. The second-order valence-electron chi connectivity index (χ2n) is 2.73. The predicted molar refractivity (Wildman–Crippen MR) is 68.7 cm³/mol. The Morgan fingerprint density at radius 1 is 0.467 bits per heavy atom. The minimum absolute atomic E-state index is 0. The average molecular weight is 204 g/mol. The third-order valence-corrected chi connectivity index (χ3v) is 1.88. The summed E-state index contributed by atoms with van der Waals surface area (Å²) in [5, 5.41) is 0. The van der Waals surface area contributed by atoms with Gasteiger partial charge >= 0.3 is 0 Å². The van der Waals surface area contributed by atoms with E-state index in [-0.39, 0.29) is 19.7 Å². The van der Waals surface area contributed by atoms with Crippen molar-refractivity contribution >= 4 is 0 Å². The molecule has 0 unspecified atom stereocenters. The maximum absolute atomic E-state index is 2.12. The van der Waals surface area contributed by atoms with Crippen LogP contribution >= 0.6 is 0 Å². The van der Waals surface area contributed by atoms with E-state index in [1.807, 2.05) is 12.1 Å². The molecule has 6 N–H and O–H groups in total. The van der Waals surface area contributed by atoms with Gasteiger partial charge in [-0.05, 0) is 11.1 Å². The smallest absolute Gasteiger partial charge is 0.0184 e. The summed E-state index contributed by atoms with van der Waals surface area (Å²) in [4.78, 5) is 0. The molecule has 0 heterocycles. The summed E-state index contributed by atoms with van der Waals surface area (Å²) in [6, 6.07) is 20.8. The fraction of sp³-hybridized carbons (Fsp3) is 0.0769. The van der Waals surface area contributed by atoms with Gasteiger partial charge in [-0.25, -0.2) is 0 Å². The first kappa shape index (κ1) is 15.8. The summed E-state index contributed by atoms with van der Waals surface area (Å²) in [5.41, 5.74) is 2.55. The maximum atomic E-state index is 2.12. The maximum Gasteiger partial charge on any atom is -0.0184 e. The Kier molecular flexibility index (Phi) is 8.16. The molecule has 2 rings (SSSR count). The zero-order valence-electron chi connectivity index (χ0n) is 8.19. The minimum Gasteiger partial charge on any atom is -0.344 e. The van der Waals surface area contributed by atoms with Crippen molar-refractivity contribution in [1.29, 1.82) is 0 Å². The first-order valence-electron chi connectivity index (χ1n) is 4.07. The fourth-order valence-corrected chi connectivity index (χ4v) is 1.26. The molecule has 0 saturated carbocycles. The number of hydrogen-bond acceptors (Lipinski definition) is 2. The van der Waals surface area contributed by atoms with Gasteiger partial charge in [-0.3, -0.25) is 0 Å². The molecule has 0 aliphatic carbocycles. The summed E-state index contributed by atoms with van der Waals surface area (Å²) in [5.74, 6) is 0. The van der Waals surface area contributed by atoms with Crippen molar-refractivity contribution < 1.29 is 0 Å². The molecule has 0 aliphatic rings. The minimum atomic E-state index is 0. The van der Waals surface area contributed by atoms with E-state index in [0.717, 1.165) is 0 Å². The van der Waals surface area contributed by atoms with Crippen molar-refractivity contribution in [3.8, 4) is 11.1 Å². The third kappa shape index (κ3) is 3.94. The molecule has 0 amide bonds. The van der Waals surface area contributed by atoms with Crippen LogP contribution in [0.3, 0.4) is 0 Å². The van der Waals surface area contributed by atoms with Gasteiger partial charge in [-0.15, -0.1) is 0 Å². The van der Waals surface area contributed by atoms with Gasteiger partial charge in [0.15, 0.2) is 0 Å². The first-order valence-corrected chi connectivity index (χ1v) is 4.07. The number of hydrogen-bond donors (Lipinski definition) is 2. The largest absolute Gasteiger partial charge is 0.344 e. The van der Waals surface area contributed by atoms with E-state index in [9.17, 15) is 0 Å². The quantitative estimate of drug-likeness (QED) is 0.726. The normalized spacial score (nSPS) is 7.73. The Morgan fingerprint density at radius 3 is 1.00 bits per heavy atom. The Bertz CT molecular complexity index is 306. The molecule has 0 saturated heterocycles. The van der Waals surface area contributed by atoms with Gasteiger partial charge in [-0.2, -0.15) is 0 Å². The van der Waals surface area contributed by atoms with Crippen molar-refractivity contribution in [2.24, 2.45) is 0 Å². The molecule has 2 nitrogen and oxygen atoms in total. The summed E-state index contributed by atoms with van der Waals surface area (Å²) in [6.45, 7) is 0. The van der Waals surface area contributed by atoms with Gasteiger partial charge in [0.1, 0.15) is 0 Å². The van der Waals surface area contributed by atoms with Crippen LogP contribution in [0.15, 0.2) is 60.7 Å². The molecular weight excluding hydrogens is 184 g/mol. The lowest BCUT2D eigenvalue weighted by atomic mass is 10.1. The molecule has 2 heteroatoms. The van der Waals surface area contributed by atoms with Crippen LogP contribution in [-0.2, 0) is 0 Å². The highest BCUT2D eigenvalue weighted by atomic mass is 14.0. The molecule has 0 fully saturated rings. The van der Waals surface area contributed by atoms with Crippen molar-refractivity contribution in [1.82, 2.24) is 12.3 Å². The van der Waals surface area contributed by atoms with Crippen LogP contribution in [0.1, 0.15) is 7.43 Å². The van der Waals surface area contributed by atoms with Crippen LogP contribution in [0.4, 0.5) is 0 Å². The number of rotatable bonds is 1. The van der Waals surface area contributed by atoms with Gasteiger partial charge in [-0.1, -0.05) is 68.1 Å². The molecule has 15 heavy (non-hydrogen) atoms. The lowest BCUT2D eigenvalue weighted by Crippen LogP contribution is -1.73. The first-order chi connectivity index (χ1) is 5.97. The van der Waals surface area contributed by atoms with Crippen molar-refractivity contribution in [3.63, 3.8) is 0 Å². The average Bonchev–Trinajstić information content (AvgIpc) is 2.21. The summed E-state index contributed by atoms with van der Waals surface area (Å²) in [7, 11) is 0. The van der Waals surface area contributed by atoms with Crippen LogP contribution in [0.25, 0.3) is 11.1 Å². The third-order valence-electron chi connectivity index (χ3n) is 1.88. The summed E-state index contributed by atoms with van der Waals surface area (Å²) in [6.07, 6.45) is 0. The Morgan fingerprint density at radius 2 is 0.733 bits per heavy atom. The molecule has 0 atom stereocenters. The van der Waals surface area contributed by atoms with E-state index in [1.54, 1.807) is 0 Å². The monoisotopic (exact) mass is 204 g/mol. The van der Waals surface area contributed by atoms with Crippen molar-refractivity contribution in [2.45, 2.75) is 7.43 Å². The molecule has 82 valence electrons. The second-order valence-corrected chi connectivity index (χ2v) is 2.73. The van der Waals surface area contributed by atoms with Gasteiger partial charge < -0.3 is 12.3 Å². The predicted octanol–water partition coefficient (Wildman–Crippen LogP) is 4.31. The van der Waals surface area contributed by atoms with E-state index in [1.165, 1.54) is 11.1 Å². The van der Waals surface area contributed by atoms with E-state index in [4.69, 9.17) is 0 Å². The van der Waals surface area contributed by atoms with Crippen LogP contribution < -0.4 is 12.3 Å². The van der Waals surface area contributed by atoms with Crippen LogP contribution in [-0.4, -0.2) is 0 Å². The van der Waals surface area contributed by atoms with Crippen LogP contribution in [0.5, 0.6) is 0 Å². The Hall–Kier alpha value is -1.64. The van der Waals surface area contributed by atoms with E-state index in [0.29, 0.717) is 0 Å². The zero-order valence-corrected chi connectivity index (χ0v) is 8.19. The molecule has 0 aliphatic heterocycles. The molecular formula is C13H20N2. The Labute approximate surface area is 92.1 Å². The second kappa shape index (κ2) is 7.74. The van der Waals surface area contributed by atoms with Crippen molar-refractivity contribution in [2.75, 3.05) is 0 Å². The highest BCUT2D eigenvalue weighted by Crippen LogP contribution is 2.17. The molecule has 2 aromatic rings. The molecule has 2 aromatic carbocycles. The lowest BCUT2D eigenvalue weighted by Gasteiger charge is -1.98. The summed E-state index contributed by atoms with van der Waals surface area (Å²) < 4.78 is 0. The standard InChI is InChI=1S/C12H10.CH4.2H3N/c1-3-7-11(8-4-1)12-9-5-2-6-10-12;;;/h1-10H;1H4;2*1H3. The Balaban J connectivity index is 0.